The van der Waals surface area contributed by atoms with Crippen molar-refractivity contribution in [3.63, 3.8) is 0 Å². The molecule has 0 aliphatic rings. The lowest BCUT2D eigenvalue weighted by atomic mass is 9.89. The first kappa shape index (κ1) is 15.7. The fraction of sp³-hybridized carbons (Fsp3) is 0.800. The molecule has 0 amide bonds. The molecular weight excluding hydrogens is 288 g/mol. The lowest BCUT2D eigenvalue weighted by Gasteiger charge is -2.22. The molecule has 0 aliphatic heterocycles. The summed E-state index contributed by atoms with van der Waals surface area (Å²) in [6, 6.07) is 2.74. The Morgan fingerprint density at radius 1 is 1.22 bits per heavy atom. The number of aromatic nitrogens is 2. The van der Waals surface area contributed by atoms with E-state index in [0.717, 1.165) is 19.3 Å². The first-order valence-electron chi connectivity index (χ1n) is 7.17. The van der Waals surface area contributed by atoms with Crippen LogP contribution in [0.4, 0.5) is 0 Å². The van der Waals surface area contributed by atoms with Crippen molar-refractivity contribution in [2.75, 3.05) is 0 Å². The van der Waals surface area contributed by atoms with Crippen molar-refractivity contribution in [3.05, 3.63) is 18.0 Å². The first-order valence-corrected chi connectivity index (χ1v) is 8.09. The monoisotopic (exact) mass is 314 g/mol. The molecule has 0 bridgehead atoms. The van der Waals surface area contributed by atoms with Crippen LogP contribution in [0.3, 0.4) is 0 Å². The topological polar surface area (TPSA) is 17.8 Å². The van der Waals surface area contributed by atoms with Crippen LogP contribution in [0, 0.1) is 11.8 Å². The second-order valence-corrected chi connectivity index (χ2v) is 6.99. The van der Waals surface area contributed by atoms with Crippen molar-refractivity contribution < 1.29 is 0 Å². The van der Waals surface area contributed by atoms with E-state index < -0.39 is 0 Å². The zero-order valence-electron chi connectivity index (χ0n) is 12.4. The molecule has 2 nitrogen and oxygen atoms in total. The Morgan fingerprint density at radius 3 is 2.28 bits per heavy atom. The van der Waals surface area contributed by atoms with Gasteiger partial charge in [-0.1, -0.05) is 50.5 Å². The fourth-order valence-electron chi connectivity index (χ4n) is 2.52. The normalized spacial score (nSPS) is 15.3. The summed E-state index contributed by atoms with van der Waals surface area (Å²) < 4.78 is 2.14. The van der Waals surface area contributed by atoms with Crippen molar-refractivity contribution in [2.24, 2.45) is 11.8 Å². The third kappa shape index (κ3) is 4.11. The molecule has 1 heterocycles. The highest BCUT2D eigenvalue weighted by Crippen LogP contribution is 2.25. The maximum atomic E-state index is 4.75. The van der Waals surface area contributed by atoms with Crippen LogP contribution in [0.5, 0.6) is 0 Å². The molecule has 0 saturated carbocycles. The molecule has 0 spiro atoms. The highest BCUT2D eigenvalue weighted by atomic mass is 79.9. The molecule has 0 aliphatic carbocycles. The number of hydrogen-bond donors (Lipinski definition) is 0. The Kier molecular flexibility index (Phi) is 6.40. The second kappa shape index (κ2) is 7.32. The van der Waals surface area contributed by atoms with Crippen LogP contribution in [0.2, 0.25) is 0 Å². The van der Waals surface area contributed by atoms with Gasteiger partial charge in [0.05, 0.1) is 11.7 Å². The molecule has 18 heavy (non-hydrogen) atoms. The maximum absolute atomic E-state index is 4.75. The van der Waals surface area contributed by atoms with E-state index in [2.05, 4.69) is 67.5 Å². The molecule has 2 atom stereocenters. The van der Waals surface area contributed by atoms with E-state index in [4.69, 9.17) is 5.10 Å². The predicted molar refractivity (Wildman–Crippen MR) is 82.3 cm³/mol. The molecule has 2 unspecified atom stereocenters. The Morgan fingerprint density at radius 2 is 1.83 bits per heavy atom. The Labute approximate surface area is 120 Å². The third-order valence-electron chi connectivity index (χ3n) is 3.87. The number of alkyl halides is 1. The van der Waals surface area contributed by atoms with Gasteiger partial charge in [-0.15, -0.1) is 0 Å². The van der Waals surface area contributed by atoms with E-state index in [9.17, 15) is 0 Å². The summed E-state index contributed by atoms with van der Waals surface area (Å²) in [5.74, 6) is 1.33. The van der Waals surface area contributed by atoms with Gasteiger partial charge in [-0.2, -0.15) is 5.10 Å². The average Bonchev–Trinajstić information content (AvgIpc) is 2.75. The summed E-state index contributed by atoms with van der Waals surface area (Å²) in [6.07, 6.45) is 5.51. The number of nitrogens with zero attached hydrogens (tertiary/aromatic N) is 2. The molecule has 1 rings (SSSR count). The minimum absolute atomic E-state index is 0.538. The number of halogens is 1. The lowest BCUT2D eigenvalue weighted by Crippen LogP contribution is -2.20. The van der Waals surface area contributed by atoms with Gasteiger partial charge in [0.2, 0.25) is 0 Å². The van der Waals surface area contributed by atoms with Crippen LogP contribution >= 0.6 is 15.9 Å². The molecule has 0 fully saturated rings. The highest BCUT2D eigenvalue weighted by molar-refractivity contribution is 9.09. The van der Waals surface area contributed by atoms with Gasteiger partial charge in [-0.05, 0) is 37.2 Å². The van der Waals surface area contributed by atoms with Crippen molar-refractivity contribution in [2.45, 2.75) is 64.8 Å². The van der Waals surface area contributed by atoms with Gasteiger partial charge in [0.15, 0.2) is 0 Å². The van der Waals surface area contributed by atoms with Crippen molar-refractivity contribution in [1.82, 2.24) is 9.78 Å². The quantitative estimate of drug-likeness (QED) is 0.658. The summed E-state index contributed by atoms with van der Waals surface area (Å²) in [6.45, 7) is 11.3. The highest BCUT2D eigenvalue weighted by Gasteiger charge is 2.20. The lowest BCUT2D eigenvalue weighted by molar-refractivity contribution is 0.373. The van der Waals surface area contributed by atoms with Crippen LogP contribution in [0.25, 0.3) is 0 Å². The average molecular weight is 315 g/mol. The van der Waals surface area contributed by atoms with E-state index in [1.54, 1.807) is 0 Å². The SMILES string of the molecule is CCC(CC)n1ccc(CC(C(C)C)C(C)Br)n1. The fourth-order valence-corrected chi connectivity index (χ4v) is 3.32. The van der Waals surface area contributed by atoms with Gasteiger partial charge >= 0.3 is 0 Å². The van der Waals surface area contributed by atoms with Crippen LogP contribution < -0.4 is 0 Å². The van der Waals surface area contributed by atoms with Crippen LogP contribution in [-0.4, -0.2) is 14.6 Å². The van der Waals surface area contributed by atoms with Crippen molar-refractivity contribution in [1.29, 1.82) is 0 Å². The summed E-state index contributed by atoms with van der Waals surface area (Å²) in [7, 11) is 0. The van der Waals surface area contributed by atoms with Gasteiger partial charge in [-0.25, -0.2) is 0 Å². The molecule has 1 aromatic heterocycles. The molecule has 0 N–H and O–H groups in total. The molecule has 104 valence electrons. The third-order valence-corrected chi connectivity index (χ3v) is 4.55. The first-order chi connectivity index (χ1) is 8.49. The van der Waals surface area contributed by atoms with Crippen molar-refractivity contribution in [3.8, 4) is 0 Å². The number of hydrogen-bond acceptors (Lipinski definition) is 1. The largest absolute Gasteiger partial charge is 0.269 e. The van der Waals surface area contributed by atoms with E-state index in [1.165, 1.54) is 5.69 Å². The van der Waals surface area contributed by atoms with Gasteiger partial charge in [0.1, 0.15) is 0 Å². The smallest absolute Gasteiger partial charge is 0.0628 e. The summed E-state index contributed by atoms with van der Waals surface area (Å²) in [5, 5.41) is 4.75. The van der Waals surface area contributed by atoms with Gasteiger partial charge < -0.3 is 0 Å². The van der Waals surface area contributed by atoms with E-state index >= 15 is 0 Å². The predicted octanol–water partition coefficient (Wildman–Crippen LogP) is 4.84. The van der Waals surface area contributed by atoms with Crippen molar-refractivity contribution >= 4 is 15.9 Å². The Hall–Kier alpha value is -0.310. The van der Waals surface area contributed by atoms with E-state index in [0.29, 0.717) is 22.7 Å². The molecule has 0 saturated heterocycles. The molecule has 3 heteroatoms. The van der Waals surface area contributed by atoms with Gasteiger partial charge in [0, 0.05) is 11.0 Å². The minimum atomic E-state index is 0.538. The number of rotatable bonds is 7. The molecule has 1 aromatic rings. The van der Waals surface area contributed by atoms with E-state index in [-0.39, 0.29) is 0 Å². The molecular formula is C15H27BrN2. The zero-order valence-corrected chi connectivity index (χ0v) is 13.9. The molecule has 0 radical (unpaired) electrons. The van der Waals surface area contributed by atoms with Gasteiger partial charge in [0.25, 0.3) is 0 Å². The Bertz CT molecular complexity index is 332. The van der Waals surface area contributed by atoms with Crippen LogP contribution in [-0.2, 0) is 6.42 Å². The van der Waals surface area contributed by atoms with E-state index in [1.807, 2.05) is 0 Å². The summed E-state index contributed by atoms with van der Waals surface area (Å²) in [4.78, 5) is 0.538. The standard InChI is InChI=1S/C15H27BrN2/c1-6-14(7-2)18-9-8-13(17-18)10-15(11(3)4)12(5)16/h8-9,11-12,14-15H,6-7,10H2,1-5H3. The van der Waals surface area contributed by atoms with Gasteiger partial charge in [-0.3, -0.25) is 4.68 Å². The summed E-state index contributed by atoms with van der Waals surface area (Å²) >= 11 is 3.73. The van der Waals surface area contributed by atoms with Crippen LogP contribution in [0.1, 0.15) is 59.2 Å². The minimum Gasteiger partial charge on any atom is -0.269 e. The maximum Gasteiger partial charge on any atom is 0.0628 e. The molecule has 0 aromatic carbocycles. The Balaban J connectivity index is 2.73. The van der Waals surface area contributed by atoms with Crippen LogP contribution in [0.15, 0.2) is 12.3 Å². The second-order valence-electron chi connectivity index (χ2n) is 5.55. The summed E-state index contributed by atoms with van der Waals surface area (Å²) in [5.41, 5.74) is 1.23. The zero-order chi connectivity index (χ0) is 13.7.